The molecule has 1 aromatic carbocycles. The molecule has 5 heteroatoms. The summed E-state index contributed by atoms with van der Waals surface area (Å²) >= 11 is 0. The number of carbonyl (C=O) groups is 3. The van der Waals surface area contributed by atoms with Gasteiger partial charge in [-0.05, 0) is 25.0 Å². The molecule has 0 saturated carbocycles. The molecule has 1 aromatic rings. The summed E-state index contributed by atoms with van der Waals surface area (Å²) in [6.45, 7) is 3.90. The quantitative estimate of drug-likeness (QED) is 0.797. The minimum absolute atomic E-state index is 0.0582. The Morgan fingerprint density at radius 2 is 1.83 bits per heavy atom. The minimum Gasteiger partial charge on any atom is -0.353 e. The van der Waals surface area contributed by atoms with Crippen LogP contribution in [0, 0.1) is 11.8 Å². The van der Waals surface area contributed by atoms with Gasteiger partial charge >= 0.3 is 0 Å². The van der Waals surface area contributed by atoms with Gasteiger partial charge in [-0.2, -0.15) is 0 Å². The average Bonchev–Trinajstić information content (AvgIpc) is 3.04. The normalized spacial score (nSPS) is 30.4. The van der Waals surface area contributed by atoms with Crippen molar-refractivity contribution in [2.75, 3.05) is 11.4 Å². The van der Waals surface area contributed by atoms with E-state index in [1.54, 1.807) is 0 Å². The number of imide groups is 1. The molecule has 4 rings (SSSR count). The molecule has 3 heterocycles. The van der Waals surface area contributed by atoms with Crippen LogP contribution in [0.15, 0.2) is 30.3 Å². The smallest absolute Gasteiger partial charge is 0.235 e. The van der Waals surface area contributed by atoms with E-state index < -0.39 is 17.9 Å². The third kappa shape index (κ3) is 1.84. The number of Topliss-reactive ketones (excluding diaryl/α,β-unsaturated/α-hetero) is 1. The summed E-state index contributed by atoms with van der Waals surface area (Å²) in [7, 11) is 0. The fraction of sp³-hybridized carbons (Fsp3) is 0.421. The first kappa shape index (κ1) is 15.1. The topological polar surface area (TPSA) is 57.7 Å². The number of benzene rings is 1. The van der Waals surface area contributed by atoms with Crippen LogP contribution in [0.4, 0.5) is 5.69 Å². The highest BCUT2D eigenvalue weighted by molar-refractivity contribution is 6.10. The highest BCUT2D eigenvalue weighted by Crippen LogP contribution is 2.48. The van der Waals surface area contributed by atoms with Crippen LogP contribution >= 0.6 is 0 Å². The van der Waals surface area contributed by atoms with Crippen LogP contribution in [0.2, 0.25) is 0 Å². The Morgan fingerprint density at radius 3 is 2.54 bits per heavy atom. The van der Waals surface area contributed by atoms with Gasteiger partial charge in [0.1, 0.15) is 6.04 Å². The van der Waals surface area contributed by atoms with E-state index in [4.69, 9.17) is 0 Å². The van der Waals surface area contributed by atoms with Crippen LogP contribution in [0.5, 0.6) is 0 Å². The van der Waals surface area contributed by atoms with E-state index >= 15 is 0 Å². The predicted molar refractivity (Wildman–Crippen MR) is 90.2 cm³/mol. The van der Waals surface area contributed by atoms with E-state index in [2.05, 4.69) is 0 Å². The molecule has 3 aliphatic rings. The Labute approximate surface area is 140 Å². The molecule has 0 radical (unpaired) electrons. The van der Waals surface area contributed by atoms with Gasteiger partial charge in [-0.15, -0.1) is 0 Å². The maximum atomic E-state index is 12.9. The van der Waals surface area contributed by atoms with Crippen LogP contribution in [0.1, 0.15) is 25.8 Å². The van der Waals surface area contributed by atoms with Gasteiger partial charge in [-0.25, -0.2) is 0 Å². The number of anilines is 1. The maximum Gasteiger partial charge on any atom is 0.235 e. The van der Waals surface area contributed by atoms with Crippen molar-refractivity contribution in [2.45, 2.75) is 32.4 Å². The van der Waals surface area contributed by atoms with Crippen LogP contribution in [-0.2, 0) is 14.4 Å². The first-order valence-electron chi connectivity index (χ1n) is 8.47. The molecule has 2 saturated heterocycles. The number of rotatable bonds is 3. The van der Waals surface area contributed by atoms with Crippen molar-refractivity contribution < 1.29 is 14.4 Å². The zero-order valence-electron chi connectivity index (χ0n) is 13.8. The van der Waals surface area contributed by atoms with Crippen LogP contribution < -0.4 is 4.90 Å². The standard InChI is InChI=1S/C19H20N2O3/c1-3-10-20-18(23)15-14-9-8-12-6-4-5-7-13(12)21(14)17(11(2)22)16(15)19(20)24/h4-9,14-17H,3,10H2,1-2H3/t14-,15+,16+,17-/m1/s1. The van der Waals surface area contributed by atoms with Gasteiger partial charge in [0.25, 0.3) is 0 Å². The Balaban J connectivity index is 1.84. The Bertz CT molecular complexity index is 770. The van der Waals surface area contributed by atoms with Gasteiger partial charge in [0.15, 0.2) is 5.78 Å². The Hall–Kier alpha value is -2.43. The molecular formula is C19H20N2O3. The largest absolute Gasteiger partial charge is 0.353 e. The summed E-state index contributed by atoms with van der Waals surface area (Å²) in [6, 6.07) is 7.03. The molecule has 0 aliphatic carbocycles. The van der Waals surface area contributed by atoms with E-state index in [-0.39, 0.29) is 23.6 Å². The molecule has 24 heavy (non-hydrogen) atoms. The number of amides is 2. The third-order valence-electron chi connectivity index (χ3n) is 5.37. The molecule has 0 N–H and O–H groups in total. The van der Waals surface area contributed by atoms with E-state index in [1.807, 2.05) is 48.2 Å². The third-order valence-corrected chi connectivity index (χ3v) is 5.37. The van der Waals surface area contributed by atoms with Crippen LogP contribution in [0.3, 0.4) is 0 Å². The fourth-order valence-corrected chi connectivity index (χ4v) is 4.48. The molecule has 4 atom stereocenters. The second-order valence-corrected chi connectivity index (χ2v) is 6.75. The lowest BCUT2D eigenvalue weighted by Crippen LogP contribution is -2.48. The van der Waals surface area contributed by atoms with E-state index in [0.29, 0.717) is 6.54 Å². The number of para-hydroxylation sites is 1. The Kier molecular flexibility index (Phi) is 3.34. The number of hydrogen-bond acceptors (Lipinski definition) is 4. The summed E-state index contributed by atoms with van der Waals surface area (Å²) in [4.78, 5) is 41.5. The summed E-state index contributed by atoms with van der Waals surface area (Å²) in [5, 5.41) is 0. The lowest BCUT2D eigenvalue weighted by molar-refractivity contribution is -0.141. The lowest BCUT2D eigenvalue weighted by Gasteiger charge is -2.36. The average molecular weight is 324 g/mol. The fourth-order valence-electron chi connectivity index (χ4n) is 4.48. The van der Waals surface area contributed by atoms with E-state index in [9.17, 15) is 14.4 Å². The zero-order chi connectivity index (χ0) is 17.0. The number of nitrogens with zero attached hydrogens (tertiary/aromatic N) is 2. The monoisotopic (exact) mass is 324 g/mol. The highest BCUT2D eigenvalue weighted by Gasteiger charge is 2.63. The first-order valence-corrected chi connectivity index (χ1v) is 8.47. The lowest BCUT2D eigenvalue weighted by atomic mass is 9.88. The number of likely N-dealkylation sites (tertiary alicyclic amines) is 1. The molecule has 124 valence electrons. The van der Waals surface area contributed by atoms with Gasteiger partial charge in [0, 0.05) is 12.2 Å². The van der Waals surface area contributed by atoms with Crippen molar-refractivity contribution in [1.29, 1.82) is 0 Å². The van der Waals surface area contributed by atoms with Crippen molar-refractivity contribution in [3.8, 4) is 0 Å². The molecule has 2 amide bonds. The molecule has 0 aromatic heterocycles. The van der Waals surface area contributed by atoms with Crippen molar-refractivity contribution in [3.63, 3.8) is 0 Å². The zero-order valence-corrected chi connectivity index (χ0v) is 13.8. The second kappa shape index (κ2) is 5.30. The van der Waals surface area contributed by atoms with Gasteiger partial charge in [-0.1, -0.05) is 37.3 Å². The van der Waals surface area contributed by atoms with E-state index in [0.717, 1.165) is 17.7 Å². The van der Waals surface area contributed by atoms with Crippen molar-refractivity contribution in [3.05, 3.63) is 35.9 Å². The predicted octanol–water partition coefficient (Wildman–Crippen LogP) is 1.87. The molecule has 5 nitrogen and oxygen atoms in total. The van der Waals surface area contributed by atoms with Crippen molar-refractivity contribution in [2.24, 2.45) is 11.8 Å². The molecular weight excluding hydrogens is 304 g/mol. The molecule has 0 spiro atoms. The molecule has 2 fully saturated rings. The number of hydrogen-bond donors (Lipinski definition) is 0. The molecule has 0 bridgehead atoms. The summed E-state index contributed by atoms with van der Waals surface area (Å²) in [5.74, 6) is -1.40. The van der Waals surface area contributed by atoms with Crippen molar-refractivity contribution in [1.82, 2.24) is 4.90 Å². The molecule has 3 aliphatic heterocycles. The first-order chi connectivity index (χ1) is 11.6. The number of carbonyl (C=O) groups excluding carboxylic acids is 3. The number of fused-ring (bicyclic) bond motifs is 5. The van der Waals surface area contributed by atoms with Crippen LogP contribution in [-0.4, -0.2) is 41.1 Å². The summed E-state index contributed by atoms with van der Waals surface area (Å²) in [6.07, 6.45) is 4.70. The van der Waals surface area contributed by atoms with Gasteiger partial charge in [0.2, 0.25) is 11.8 Å². The maximum absolute atomic E-state index is 12.9. The summed E-state index contributed by atoms with van der Waals surface area (Å²) in [5.41, 5.74) is 1.95. The highest BCUT2D eigenvalue weighted by atomic mass is 16.2. The minimum atomic E-state index is -0.567. The Morgan fingerprint density at radius 1 is 1.12 bits per heavy atom. The van der Waals surface area contributed by atoms with Crippen molar-refractivity contribution >= 4 is 29.4 Å². The van der Waals surface area contributed by atoms with Gasteiger partial charge in [-0.3, -0.25) is 19.3 Å². The van der Waals surface area contributed by atoms with Gasteiger partial charge in [0.05, 0.1) is 17.9 Å². The van der Waals surface area contributed by atoms with Crippen LogP contribution in [0.25, 0.3) is 6.08 Å². The second-order valence-electron chi connectivity index (χ2n) is 6.75. The van der Waals surface area contributed by atoms with E-state index in [1.165, 1.54) is 11.8 Å². The number of ketones is 1. The SMILES string of the molecule is CCCN1C(=O)[C@@H]2[C@H](C1=O)[C@@H](C(C)=O)N1c3ccccc3C=C[C@H]21. The summed E-state index contributed by atoms with van der Waals surface area (Å²) < 4.78 is 0. The van der Waals surface area contributed by atoms with Gasteiger partial charge < -0.3 is 4.90 Å². The molecule has 0 unspecified atom stereocenters.